The molecular weight excluding hydrogens is 106 g/mol. The van der Waals surface area contributed by atoms with Gasteiger partial charge >= 0.3 is 0 Å². The molecule has 46 valence electrons. The van der Waals surface area contributed by atoms with Crippen molar-refractivity contribution in [3.63, 3.8) is 0 Å². The smallest absolute Gasteiger partial charge is 0.0599 e. The zero-order valence-electron chi connectivity index (χ0n) is 5.03. The van der Waals surface area contributed by atoms with E-state index >= 15 is 0 Å². The largest absolute Gasteiger partial charge is 0.382 e. The fourth-order valence-corrected chi connectivity index (χ4v) is 0.226. The molecule has 0 aliphatic carbocycles. The molecule has 0 fully saturated rings. The van der Waals surface area contributed by atoms with Crippen molar-refractivity contribution in [1.82, 2.24) is 0 Å². The Morgan fingerprint density at radius 1 is 1.88 bits per heavy atom. The molecule has 0 rings (SSSR count). The highest BCUT2D eigenvalue weighted by molar-refractivity contribution is 4.52. The third-order valence-corrected chi connectivity index (χ3v) is 0.804. The average Bonchev–Trinajstić information content (AvgIpc) is 1.83. The van der Waals surface area contributed by atoms with E-state index in [1.165, 1.54) is 0 Å². The van der Waals surface area contributed by atoms with Crippen LogP contribution in [-0.4, -0.2) is 19.8 Å². The summed E-state index contributed by atoms with van der Waals surface area (Å²) in [6.07, 6.45) is 0.0332. The summed E-state index contributed by atoms with van der Waals surface area (Å²) in [5.74, 6) is 0. The number of nitrogens with zero attached hydrogens (tertiary/aromatic N) is 3. The van der Waals surface area contributed by atoms with Crippen LogP contribution in [0.25, 0.3) is 10.4 Å². The third kappa shape index (κ3) is 3.46. The van der Waals surface area contributed by atoms with Gasteiger partial charge in [-0.1, -0.05) is 5.11 Å². The molecule has 0 bridgehead atoms. The molecule has 0 amide bonds. The summed E-state index contributed by atoms with van der Waals surface area (Å²) in [5.41, 5.74) is 7.81. The van der Waals surface area contributed by atoms with E-state index in [4.69, 9.17) is 10.3 Å². The van der Waals surface area contributed by atoms with Crippen molar-refractivity contribution in [1.29, 1.82) is 0 Å². The first-order valence-corrected chi connectivity index (χ1v) is 2.35. The van der Waals surface area contributed by atoms with Crippen LogP contribution in [0.3, 0.4) is 0 Å². The van der Waals surface area contributed by atoms with Crippen LogP contribution in [0.4, 0.5) is 0 Å². The number of methoxy groups -OCH3 is 1. The van der Waals surface area contributed by atoms with Crippen molar-refractivity contribution in [2.75, 3.05) is 13.7 Å². The first kappa shape index (κ1) is 7.27. The summed E-state index contributed by atoms with van der Waals surface area (Å²) in [4.78, 5) is 2.57. The van der Waals surface area contributed by atoms with Crippen molar-refractivity contribution in [2.45, 2.75) is 13.0 Å². The van der Waals surface area contributed by atoms with Crippen molar-refractivity contribution < 1.29 is 4.74 Å². The maximum Gasteiger partial charge on any atom is 0.0599 e. The summed E-state index contributed by atoms with van der Waals surface area (Å²) >= 11 is 0. The minimum absolute atomic E-state index is 0.0332. The van der Waals surface area contributed by atoms with Crippen LogP contribution in [0.2, 0.25) is 0 Å². The van der Waals surface area contributed by atoms with Gasteiger partial charge in [-0.3, -0.25) is 0 Å². The fraction of sp³-hybridized carbons (Fsp3) is 1.00. The van der Waals surface area contributed by atoms with Crippen LogP contribution < -0.4 is 0 Å². The van der Waals surface area contributed by atoms with Gasteiger partial charge in [0.1, 0.15) is 0 Å². The molecule has 4 nitrogen and oxygen atoms in total. The molecule has 0 aromatic rings. The molecule has 0 aliphatic heterocycles. The van der Waals surface area contributed by atoms with Crippen LogP contribution in [-0.2, 0) is 4.74 Å². The van der Waals surface area contributed by atoms with E-state index in [1.807, 2.05) is 6.92 Å². The van der Waals surface area contributed by atoms with E-state index in [-0.39, 0.29) is 6.10 Å². The van der Waals surface area contributed by atoms with Gasteiger partial charge in [0, 0.05) is 12.0 Å². The van der Waals surface area contributed by atoms with Gasteiger partial charge in [-0.05, 0) is 12.5 Å². The Bertz CT molecular complexity index is 97.5. The monoisotopic (exact) mass is 115 g/mol. The molecule has 4 heteroatoms. The number of ether oxygens (including phenoxy) is 1. The molecule has 0 aromatic heterocycles. The summed E-state index contributed by atoms with van der Waals surface area (Å²) < 4.78 is 4.79. The molecule has 0 aromatic carbocycles. The Balaban J connectivity index is 3.23. The Kier molecular flexibility index (Phi) is 4.03. The lowest BCUT2D eigenvalue weighted by Gasteiger charge is -2.01. The first-order chi connectivity index (χ1) is 3.81. The predicted octanol–water partition coefficient (Wildman–Crippen LogP) is 1.33. The standard InChI is InChI=1S/C4H9N3O/c1-4(8-2)3-6-7-5/h4H,3H2,1-2H3/t4-/m0/s1. The van der Waals surface area contributed by atoms with Gasteiger partial charge < -0.3 is 4.74 Å². The number of azide groups is 1. The minimum Gasteiger partial charge on any atom is -0.382 e. The molecule has 0 radical (unpaired) electrons. The summed E-state index contributed by atoms with van der Waals surface area (Å²) in [6, 6.07) is 0. The van der Waals surface area contributed by atoms with Gasteiger partial charge in [0.05, 0.1) is 12.6 Å². The lowest BCUT2D eigenvalue weighted by Crippen LogP contribution is -2.07. The molecule has 8 heavy (non-hydrogen) atoms. The third-order valence-electron chi connectivity index (χ3n) is 0.804. The zero-order chi connectivity index (χ0) is 6.41. The lowest BCUT2D eigenvalue weighted by molar-refractivity contribution is 0.125. The minimum atomic E-state index is 0.0332. The maximum atomic E-state index is 7.81. The zero-order valence-corrected chi connectivity index (χ0v) is 5.03. The van der Waals surface area contributed by atoms with Gasteiger partial charge in [0.15, 0.2) is 0 Å². The number of hydrogen-bond donors (Lipinski definition) is 0. The predicted molar refractivity (Wildman–Crippen MR) is 30.5 cm³/mol. The second kappa shape index (κ2) is 4.43. The Hall–Kier alpha value is -0.730. The Morgan fingerprint density at radius 3 is 2.88 bits per heavy atom. The Morgan fingerprint density at radius 2 is 2.50 bits per heavy atom. The summed E-state index contributed by atoms with van der Waals surface area (Å²) in [5, 5.41) is 3.30. The van der Waals surface area contributed by atoms with Gasteiger partial charge in [-0.25, -0.2) is 0 Å². The molecule has 0 unspecified atom stereocenters. The highest BCUT2D eigenvalue weighted by Crippen LogP contribution is 1.86. The van der Waals surface area contributed by atoms with E-state index in [2.05, 4.69) is 10.0 Å². The van der Waals surface area contributed by atoms with E-state index in [0.717, 1.165) is 0 Å². The average molecular weight is 115 g/mol. The van der Waals surface area contributed by atoms with Crippen molar-refractivity contribution in [3.8, 4) is 0 Å². The molecule has 0 N–H and O–H groups in total. The lowest BCUT2D eigenvalue weighted by atomic mass is 10.4. The normalized spacial score (nSPS) is 12.2. The van der Waals surface area contributed by atoms with Crippen LogP contribution in [0.5, 0.6) is 0 Å². The molecule has 1 atom stereocenters. The van der Waals surface area contributed by atoms with Gasteiger partial charge in [0.2, 0.25) is 0 Å². The van der Waals surface area contributed by atoms with Gasteiger partial charge in [0.25, 0.3) is 0 Å². The highest BCUT2D eigenvalue weighted by Gasteiger charge is 1.92. The first-order valence-electron chi connectivity index (χ1n) is 2.35. The topological polar surface area (TPSA) is 58.0 Å². The molecule has 0 saturated carbocycles. The van der Waals surface area contributed by atoms with E-state index < -0.39 is 0 Å². The van der Waals surface area contributed by atoms with E-state index in [0.29, 0.717) is 6.54 Å². The number of hydrogen-bond acceptors (Lipinski definition) is 2. The second-order valence-electron chi connectivity index (χ2n) is 1.46. The van der Waals surface area contributed by atoms with Crippen LogP contribution in [0.15, 0.2) is 5.11 Å². The van der Waals surface area contributed by atoms with Crippen LogP contribution in [0, 0.1) is 0 Å². The summed E-state index contributed by atoms with van der Waals surface area (Å²) in [7, 11) is 1.58. The van der Waals surface area contributed by atoms with Crippen LogP contribution in [0.1, 0.15) is 6.92 Å². The van der Waals surface area contributed by atoms with Crippen LogP contribution >= 0.6 is 0 Å². The van der Waals surface area contributed by atoms with Gasteiger partial charge in [-0.15, -0.1) is 0 Å². The maximum absolute atomic E-state index is 7.81. The molecule has 0 saturated heterocycles. The molecular formula is C4H9N3O. The summed E-state index contributed by atoms with van der Waals surface area (Å²) in [6.45, 7) is 2.25. The number of rotatable bonds is 3. The highest BCUT2D eigenvalue weighted by atomic mass is 16.5. The van der Waals surface area contributed by atoms with Crippen molar-refractivity contribution in [2.24, 2.45) is 5.11 Å². The van der Waals surface area contributed by atoms with Crippen molar-refractivity contribution >= 4 is 0 Å². The molecule has 0 aliphatic rings. The molecule has 0 spiro atoms. The van der Waals surface area contributed by atoms with E-state index in [9.17, 15) is 0 Å². The van der Waals surface area contributed by atoms with E-state index in [1.54, 1.807) is 7.11 Å². The Labute approximate surface area is 48.1 Å². The fourth-order valence-electron chi connectivity index (χ4n) is 0.226. The van der Waals surface area contributed by atoms with Gasteiger partial charge in [-0.2, -0.15) is 0 Å². The SMILES string of the molecule is CO[C@@H](C)CN=[N+]=[N-]. The quantitative estimate of drug-likeness (QED) is 0.311. The molecule has 0 heterocycles. The van der Waals surface area contributed by atoms with Crippen molar-refractivity contribution in [3.05, 3.63) is 10.4 Å². The second-order valence-corrected chi connectivity index (χ2v) is 1.46.